The summed E-state index contributed by atoms with van der Waals surface area (Å²) in [5.41, 5.74) is 3.42. The molecule has 0 saturated heterocycles. The smallest absolute Gasteiger partial charge is 0.261 e. The Morgan fingerprint density at radius 2 is 1.96 bits per heavy atom. The number of amides is 1. The zero-order chi connectivity index (χ0) is 18.5. The summed E-state index contributed by atoms with van der Waals surface area (Å²) in [5, 5.41) is 3.36. The van der Waals surface area contributed by atoms with Crippen LogP contribution in [-0.4, -0.2) is 22.6 Å². The van der Waals surface area contributed by atoms with Crippen molar-refractivity contribution in [1.29, 1.82) is 0 Å². The van der Waals surface area contributed by atoms with Gasteiger partial charge in [-0.05, 0) is 29.7 Å². The van der Waals surface area contributed by atoms with E-state index in [1.165, 1.54) is 10.9 Å². The Morgan fingerprint density at radius 1 is 1.19 bits per heavy atom. The lowest BCUT2D eigenvalue weighted by atomic mass is 10.1. The Bertz CT molecular complexity index is 995. The minimum atomic E-state index is -0.238. The van der Waals surface area contributed by atoms with E-state index in [4.69, 9.17) is 4.74 Å². The third-order valence-corrected chi connectivity index (χ3v) is 4.16. The standard InChI is InChI=1S/C20H21N3O3/c1-14-5-3-8-17-19(14)22-13-23(20(17)25)11-18(24)21-10-15-6-4-7-16(9-15)12-26-2/h3-9,13H,10-12H2,1-2H3,(H,21,24). The quantitative estimate of drug-likeness (QED) is 0.739. The van der Waals surface area contributed by atoms with Gasteiger partial charge in [0.15, 0.2) is 0 Å². The summed E-state index contributed by atoms with van der Waals surface area (Å²) in [7, 11) is 1.64. The largest absolute Gasteiger partial charge is 0.380 e. The Hall–Kier alpha value is -2.99. The normalized spacial score (nSPS) is 10.8. The van der Waals surface area contributed by atoms with Crippen LogP contribution in [0.1, 0.15) is 16.7 Å². The second kappa shape index (κ2) is 7.93. The number of hydrogen-bond donors (Lipinski definition) is 1. The number of para-hydroxylation sites is 1. The van der Waals surface area contributed by atoms with Gasteiger partial charge >= 0.3 is 0 Å². The van der Waals surface area contributed by atoms with Crippen LogP contribution >= 0.6 is 0 Å². The summed E-state index contributed by atoms with van der Waals surface area (Å²) in [4.78, 5) is 29.1. The molecule has 0 radical (unpaired) electrons. The number of aryl methyl sites for hydroxylation is 1. The summed E-state index contributed by atoms with van der Waals surface area (Å²) < 4.78 is 6.44. The van der Waals surface area contributed by atoms with Crippen LogP contribution in [0.3, 0.4) is 0 Å². The van der Waals surface area contributed by atoms with Crippen molar-refractivity contribution in [3.05, 3.63) is 75.8 Å². The number of carbonyl (C=O) groups excluding carboxylic acids is 1. The molecule has 0 unspecified atom stereocenters. The number of ether oxygens (including phenoxy) is 1. The monoisotopic (exact) mass is 351 g/mol. The van der Waals surface area contributed by atoms with Crippen LogP contribution in [0.2, 0.25) is 0 Å². The fourth-order valence-electron chi connectivity index (χ4n) is 2.86. The van der Waals surface area contributed by atoms with E-state index in [-0.39, 0.29) is 18.0 Å². The molecule has 6 nitrogen and oxygen atoms in total. The SMILES string of the molecule is COCc1cccc(CNC(=O)Cn2cnc3c(C)cccc3c2=O)c1. The Balaban J connectivity index is 1.69. The fourth-order valence-corrected chi connectivity index (χ4v) is 2.86. The molecule has 3 aromatic rings. The maximum atomic E-state index is 12.5. The van der Waals surface area contributed by atoms with Crippen molar-refractivity contribution >= 4 is 16.8 Å². The molecule has 1 amide bonds. The first kappa shape index (κ1) is 17.8. The lowest BCUT2D eigenvalue weighted by Gasteiger charge is -2.09. The molecule has 0 fully saturated rings. The van der Waals surface area contributed by atoms with E-state index in [1.54, 1.807) is 13.2 Å². The van der Waals surface area contributed by atoms with Gasteiger partial charge in [0.2, 0.25) is 5.91 Å². The van der Waals surface area contributed by atoms with E-state index < -0.39 is 0 Å². The predicted octanol–water partition coefficient (Wildman–Crippen LogP) is 2.17. The number of nitrogens with zero attached hydrogens (tertiary/aromatic N) is 2. The molecule has 0 aliphatic rings. The number of methoxy groups -OCH3 is 1. The van der Waals surface area contributed by atoms with Crippen molar-refractivity contribution in [3.63, 3.8) is 0 Å². The molecule has 0 aliphatic heterocycles. The van der Waals surface area contributed by atoms with Gasteiger partial charge in [0.05, 0.1) is 23.8 Å². The van der Waals surface area contributed by atoms with Crippen molar-refractivity contribution < 1.29 is 9.53 Å². The van der Waals surface area contributed by atoms with Gasteiger partial charge in [-0.2, -0.15) is 0 Å². The second-order valence-electron chi connectivity index (χ2n) is 6.18. The number of rotatable bonds is 6. The molecule has 6 heteroatoms. The number of carbonyl (C=O) groups is 1. The summed E-state index contributed by atoms with van der Waals surface area (Å²) in [6, 6.07) is 13.3. The van der Waals surface area contributed by atoms with Crippen molar-refractivity contribution in [2.24, 2.45) is 0 Å². The Morgan fingerprint density at radius 3 is 2.77 bits per heavy atom. The zero-order valence-electron chi connectivity index (χ0n) is 14.9. The van der Waals surface area contributed by atoms with E-state index >= 15 is 0 Å². The van der Waals surface area contributed by atoms with E-state index in [9.17, 15) is 9.59 Å². The molecule has 0 saturated carbocycles. The van der Waals surface area contributed by atoms with Crippen LogP contribution < -0.4 is 10.9 Å². The third kappa shape index (κ3) is 3.97. The summed E-state index contributed by atoms with van der Waals surface area (Å²) in [6.07, 6.45) is 1.43. The highest BCUT2D eigenvalue weighted by Crippen LogP contribution is 2.11. The van der Waals surface area contributed by atoms with Gasteiger partial charge in [-0.25, -0.2) is 4.98 Å². The zero-order valence-corrected chi connectivity index (χ0v) is 14.9. The van der Waals surface area contributed by atoms with Crippen LogP contribution in [-0.2, 0) is 29.2 Å². The molecular formula is C20H21N3O3. The molecule has 26 heavy (non-hydrogen) atoms. The summed E-state index contributed by atoms with van der Waals surface area (Å²) in [6.45, 7) is 2.77. The number of fused-ring (bicyclic) bond motifs is 1. The van der Waals surface area contributed by atoms with Gasteiger partial charge in [-0.15, -0.1) is 0 Å². The van der Waals surface area contributed by atoms with Crippen LogP contribution in [0, 0.1) is 6.92 Å². The van der Waals surface area contributed by atoms with E-state index in [1.807, 2.05) is 43.3 Å². The molecular weight excluding hydrogens is 330 g/mol. The summed E-state index contributed by atoms with van der Waals surface area (Å²) in [5.74, 6) is -0.238. The average Bonchev–Trinajstić information content (AvgIpc) is 2.64. The molecule has 1 N–H and O–H groups in total. The molecule has 0 aliphatic carbocycles. The highest BCUT2D eigenvalue weighted by Gasteiger charge is 2.09. The minimum absolute atomic E-state index is 0.0620. The Kier molecular flexibility index (Phi) is 5.43. The molecule has 0 bridgehead atoms. The fraction of sp³-hybridized carbons (Fsp3) is 0.250. The van der Waals surface area contributed by atoms with Crippen LogP contribution in [0.25, 0.3) is 10.9 Å². The molecule has 0 spiro atoms. The highest BCUT2D eigenvalue weighted by molar-refractivity contribution is 5.81. The third-order valence-electron chi connectivity index (χ3n) is 4.16. The van der Waals surface area contributed by atoms with Crippen molar-refractivity contribution in [2.75, 3.05) is 7.11 Å². The first-order valence-corrected chi connectivity index (χ1v) is 8.36. The van der Waals surface area contributed by atoms with Crippen LogP contribution in [0.15, 0.2) is 53.6 Å². The van der Waals surface area contributed by atoms with Crippen molar-refractivity contribution in [1.82, 2.24) is 14.9 Å². The van der Waals surface area contributed by atoms with Gasteiger partial charge in [-0.1, -0.05) is 36.4 Å². The van der Waals surface area contributed by atoms with Crippen molar-refractivity contribution in [3.8, 4) is 0 Å². The molecule has 1 aromatic heterocycles. The number of nitrogens with one attached hydrogen (secondary N) is 1. The minimum Gasteiger partial charge on any atom is -0.380 e. The lowest BCUT2D eigenvalue weighted by Crippen LogP contribution is -2.32. The number of aromatic nitrogens is 2. The predicted molar refractivity (Wildman–Crippen MR) is 99.7 cm³/mol. The van der Waals surface area contributed by atoms with Crippen LogP contribution in [0.4, 0.5) is 0 Å². The van der Waals surface area contributed by atoms with Crippen LogP contribution in [0.5, 0.6) is 0 Å². The molecule has 134 valence electrons. The molecule has 1 heterocycles. The van der Waals surface area contributed by atoms with Gasteiger partial charge in [0, 0.05) is 13.7 Å². The second-order valence-corrected chi connectivity index (χ2v) is 6.18. The van der Waals surface area contributed by atoms with Gasteiger partial charge in [-0.3, -0.25) is 14.2 Å². The van der Waals surface area contributed by atoms with E-state index in [0.29, 0.717) is 24.1 Å². The van der Waals surface area contributed by atoms with E-state index in [0.717, 1.165) is 16.7 Å². The lowest BCUT2D eigenvalue weighted by molar-refractivity contribution is -0.121. The van der Waals surface area contributed by atoms with Gasteiger partial charge in [0.1, 0.15) is 6.54 Å². The maximum Gasteiger partial charge on any atom is 0.261 e. The number of hydrogen-bond acceptors (Lipinski definition) is 4. The first-order chi connectivity index (χ1) is 12.6. The molecule has 3 rings (SSSR count). The highest BCUT2D eigenvalue weighted by atomic mass is 16.5. The van der Waals surface area contributed by atoms with Crippen molar-refractivity contribution in [2.45, 2.75) is 26.6 Å². The Labute approximate surface area is 151 Å². The number of benzene rings is 2. The summed E-state index contributed by atoms with van der Waals surface area (Å²) >= 11 is 0. The average molecular weight is 351 g/mol. The topological polar surface area (TPSA) is 73.2 Å². The van der Waals surface area contributed by atoms with Gasteiger partial charge < -0.3 is 10.1 Å². The maximum absolute atomic E-state index is 12.5. The van der Waals surface area contributed by atoms with Gasteiger partial charge in [0.25, 0.3) is 5.56 Å². The molecule has 2 aromatic carbocycles. The van der Waals surface area contributed by atoms with E-state index in [2.05, 4.69) is 10.3 Å². The molecule has 0 atom stereocenters. The first-order valence-electron chi connectivity index (χ1n) is 8.36.